The largest absolute Gasteiger partial charge is 0.506 e. The number of aromatic hydroxyl groups is 1. The summed E-state index contributed by atoms with van der Waals surface area (Å²) in [4.78, 5) is 10.9. The number of esters is 1. The first-order valence-electron chi connectivity index (χ1n) is 4.25. The number of carbonyl (C=O) groups is 1. The van der Waals surface area contributed by atoms with Crippen molar-refractivity contribution >= 4 is 27.4 Å². The van der Waals surface area contributed by atoms with Gasteiger partial charge < -0.3 is 9.84 Å². The molecule has 0 atom stereocenters. The van der Waals surface area contributed by atoms with Gasteiger partial charge in [0.05, 0.1) is 0 Å². The van der Waals surface area contributed by atoms with E-state index in [9.17, 15) is 9.90 Å². The van der Waals surface area contributed by atoms with Crippen LogP contribution in [0.15, 0.2) is 36.2 Å². The monoisotopic (exact) mass is 220 g/mol. The molecule has 3 nitrogen and oxygen atoms in total. The summed E-state index contributed by atoms with van der Waals surface area (Å²) < 4.78 is 5.88. The molecule has 2 rings (SSSR count). The maximum absolute atomic E-state index is 10.9. The van der Waals surface area contributed by atoms with Crippen molar-refractivity contribution in [3.63, 3.8) is 0 Å². The lowest BCUT2D eigenvalue weighted by molar-refractivity contribution is -0.128. The Bertz CT molecular complexity index is 528. The summed E-state index contributed by atoms with van der Waals surface area (Å²) in [6, 6.07) is 5.10. The van der Waals surface area contributed by atoms with Crippen molar-refractivity contribution < 1.29 is 14.6 Å². The summed E-state index contributed by atoms with van der Waals surface area (Å²) in [5.74, 6) is 0.0941. The zero-order chi connectivity index (χ0) is 10.8. The van der Waals surface area contributed by atoms with E-state index in [0.717, 1.165) is 10.8 Å². The van der Waals surface area contributed by atoms with Crippen molar-refractivity contribution in [1.82, 2.24) is 0 Å². The van der Waals surface area contributed by atoms with Gasteiger partial charge in [-0.1, -0.05) is 6.58 Å². The summed E-state index contributed by atoms with van der Waals surface area (Å²) in [5, 5.41) is 11.8. The van der Waals surface area contributed by atoms with Gasteiger partial charge in [0.15, 0.2) is 0 Å². The van der Waals surface area contributed by atoms with Gasteiger partial charge in [0.2, 0.25) is 0 Å². The van der Waals surface area contributed by atoms with Gasteiger partial charge in [0.25, 0.3) is 0 Å². The molecule has 0 aliphatic rings. The Morgan fingerprint density at radius 3 is 3.07 bits per heavy atom. The highest BCUT2D eigenvalue weighted by Crippen LogP contribution is 2.33. The highest BCUT2D eigenvalue weighted by molar-refractivity contribution is 7.17. The van der Waals surface area contributed by atoms with Gasteiger partial charge in [-0.15, -0.1) is 11.3 Å². The highest BCUT2D eigenvalue weighted by atomic mass is 32.1. The fourth-order valence-electron chi connectivity index (χ4n) is 1.22. The average molecular weight is 220 g/mol. The average Bonchev–Trinajstić information content (AvgIpc) is 2.60. The molecule has 1 heterocycles. The van der Waals surface area contributed by atoms with Crippen LogP contribution in [0.4, 0.5) is 0 Å². The second-order valence-corrected chi connectivity index (χ2v) is 3.82. The molecule has 4 heteroatoms. The molecule has 15 heavy (non-hydrogen) atoms. The van der Waals surface area contributed by atoms with E-state index < -0.39 is 5.97 Å². The minimum Gasteiger partial charge on any atom is -0.506 e. The van der Waals surface area contributed by atoms with Crippen molar-refractivity contribution in [2.75, 3.05) is 0 Å². The van der Waals surface area contributed by atoms with Crippen LogP contribution < -0.4 is 4.74 Å². The number of carbonyl (C=O) groups excluding carboxylic acids is 1. The summed E-state index contributed by atoms with van der Waals surface area (Å²) in [6.07, 6.45) is 1.09. The van der Waals surface area contributed by atoms with Gasteiger partial charge in [-0.3, -0.25) is 0 Å². The van der Waals surface area contributed by atoms with Crippen molar-refractivity contribution in [2.45, 2.75) is 0 Å². The van der Waals surface area contributed by atoms with E-state index in [-0.39, 0.29) is 5.75 Å². The molecular weight excluding hydrogens is 212 g/mol. The quantitative estimate of drug-likeness (QED) is 0.481. The van der Waals surface area contributed by atoms with Crippen LogP contribution in [-0.2, 0) is 4.79 Å². The SMILES string of the molecule is C=CC(=O)Oc1ccc2scc(O)c2c1. The molecule has 2 aromatic rings. The third-order valence-corrected chi connectivity index (χ3v) is 2.86. The van der Waals surface area contributed by atoms with Crippen LogP contribution in [0.5, 0.6) is 11.5 Å². The Hall–Kier alpha value is -1.81. The lowest BCUT2D eigenvalue weighted by Crippen LogP contribution is -2.02. The molecule has 0 saturated carbocycles. The van der Waals surface area contributed by atoms with Crippen LogP contribution in [0.25, 0.3) is 10.1 Å². The Morgan fingerprint density at radius 1 is 1.53 bits per heavy atom. The van der Waals surface area contributed by atoms with E-state index in [1.807, 2.05) is 0 Å². The van der Waals surface area contributed by atoms with Gasteiger partial charge in [-0.25, -0.2) is 4.79 Å². The minimum atomic E-state index is -0.510. The van der Waals surface area contributed by atoms with E-state index in [0.29, 0.717) is 11.1 Å². The maximum Gasteiger partial charge on any atom is 0.335 e. The lowest BCUT2D eigenvalue weighted by Gasteiger charge is -2.00. The number of ether oxygens (including phenoxy) is 1. The molecule has 0 bridgehead atoms. The second-order valence-electron chi connectivity index (χ2n) is 2.90. The van der Waals surface area contributed by atoms with E-state index in [1.165, 1.54) is 11.3 Å². The molecule has 0 saturated heterocycles. The molecule has 0 aliphatic carbocycles. The van der Waals surface area contributed by atoms with Gasteiger partial charge in [0.1, 0.15) is 11.5 Å². The van der Waals surface area contributed by atoms with Gasteiger partial charge in [-0.2, -0.15) is 0 Å². The van der Waals surface area contributed by atoms with E-state index in [2.05, 4.69) is 6.58 Å². The number of hydrogen-bond acceptors (Lipinski definition) is 4. The summed E-state index contributed by atoms with van der Waals surface area (Å²) >= 11 is 1.44. The zero-order valence-electron chi connectivity index (χ0n) is 7.77. The predicted octanol–water partition coefficient (Wildman–Crippen LogP) is 2.70. The molecule has 1 N–H and O–H groups in total. The molecule has 0 radical (unpaired) electrons. The smallest absolute Gasteiger partial charge is 0.335 e. The van der Waals surface area contributed by atoms with Crippen LogP contribution in [-0.4, -0.2) is 11.1 Å². The Kier molecular flexibility index (Phi) is 2.43. The Labute approximate surface area is 90.2 Å². The van der Waals surface area contributed by atoms with Crippen LogP contribution >= 0.6 is 11.3 Å². The number of benzene rings is 1. The maximum atomic E-state index is 10.9. The minimum absolute atomic E-state index is 0.200. The van der Waals surface area contributed by atoms with E-state index in [4.69, 9.17) is 4.74 Å². The molecule has 0 spiro atoms. The van der Waals surface area contributed by atoms with Gasteiger partial charge in [0, 0.05) is 21.5 Å². The topological polar surface area (TPSA) is 46.5 Å². The van der Waals surface area contributed by atoms with Crippen LogP contribution in [0.3, 0.4) is 0 Å². The Balaban J connectivity index is 2.41. The summed E-state index contributed by atoms with van der Waals surface area (Å²) in [6.45, 7) is 3.30. The Morgan fingerprint density at radius 2 is 2.33 bits per heavy atom. The molecule has 0 fully saturated rings. The molecular formula is C11H8O3S. The summed E-state index contributed by atoms with van der Waals surface area (Å²) in [7, 11) is 0. The predicted molar refractivity (Wildman–Crippen MR) is 59.3 cm³/mol. The first-order chi connectivity index (χ1) is 7.20. The lowest BCUT2D eigenvalue weighted by atomic mass is 10.2. The van der Waals surface area contributed by atoms with Gasteiger partial charge in [-0.05, 0) is 18.2 Å². The van der Waals surface area contributed by atoms with Crippen LogP contribution in [0, 0.1) is 0 Å². The number of fused-ring (bicyclic) bond motifs is 1. The van der Waals surface area contributed by atoms with Crippen molar-refractivity contribution in [1.29, 1.82) is 0 Å². The fourth-order valence-corrected chi connectivity index (χ4v) is 2.02. The highest BCUT2D eigenvalue weighted by Gasteiger charge is 2.05. The number of hydrogen-bond donors (Lipinski definition) is 1. The van der Waals surface area contributed by atoms with Crippen LogP contribution in [0.2, 0.25) is 0 Å². The number of rotatable bonds is 2. The molecule has 0 unspecified atom stereocenters. The van der Waals surface area contributed by atoms with Crippen LogP contribution in [0.1, 0.15) is 0 Å². The summed E-state index contributed by atoms with van der Waals surface area (Å²) in [5.41, 5.74) is 0. The molecule has 0 amide bonds. The molecule has 1 aromatic carbocycles. The zero-order valence-corrected chi connectivity index (χ0v) is 8.58. The van der Waals surface area contributed by atoms with Gasteiger partial charge >= 0.3 is 5.97 Å². The number of thiophene rings is 1. The molecule has 0 aliphatic heterocycles. The van der Waals surface area contributed by atoms with E-state index >= 15 is 0 Å². The first kappa shape index (κ1) is 9.73. The third-order valence-electron chi connectivity index (χ3n) is 1.91. The first-order valence-corrected chi connectivity index (χ1v) is 5.13. The molecule has 76 valence electrons. The van der Waals surface area contributed by atoms with Crippen molar-refractivity contribution in [3.05, 3.63) is 36.2 Å². The normalized spacial score (nSPS) is 10.1. The van der Waals surface area contributed by atoms with E-state index in [1.54, 1.807) is 23.6 Å². The third kappa shape index (κ3) is 1.85. The standard InChI is InChI=1S/C11H8O3S/c1-2-11(13)14-7-3-4-10-8(5-7)9(12)6-15-10/h2-6,12H,1H2. The fraction of sp³-hybridized carbons (Fsp3) is 0. The van der Waals surface area contributed by atoms with Crippen molar-refractivity contribution in [2.24, 2.45) is 0 Å². The molecule has 1 aromatic heterocycles. The van der Waals surface area contributed by atoms with Crippen molar-refractivity contribution in [3.8, 4) is 11.5 Å². The second kappa shape index (κ2) is 3.74.